The van der Waals surface area contributed by atoms with Crippen LogP contribution in [0.5, 0.6) is 17.2 Å². The first-order valence-electron chi connectivity index (χ1n) is 8.75. The first-order chi connectivity index (χ1) is 13.2. The van der Waals surface area contributed by atoms with Crippen LogP contribution in [0.1, 0.15) is 16.7 Å². The Morgan fingerprint density at radius 3 is 2.41 bits per heavy atom. The van der Waals surface area contributed by atoms with Gasteiger partial charge in [0.25, 0.3) is 0 Å². The average molecular weight is 367 g/mol. The SMILES string of the molecule is COc1ccc(CNCc2cn[nH]c2-c2cccc(C)c2)c(OC)c1OC. The zero-order chi connectivity index (χ0) is 19.2. The minimum absolute atomic E-state index is 0.600. The van der Waals surface area contributed by atoms with Gasteiger partial charge >= 0.3 is 0 Å². The lowest BCUT2D eigenvalue weighted by atomic mass is 10.1. The number of aromatic amines is 1. The fourth-order valence-corrected chi connectivity index (χ4v) is 3.13. The van der Waals surface area contributed by atoms with Gasteiger partial charge in [-0.3, -0.25) is 5.10 Å². The van der Waals surface area contributed by atoms with Crippen molar-refractivity contribution in [1.29, 1.82) is 0 Å². The van der Waals surface area contributed by atoms with E-state index in [1.165, 1.54) is 5.56 Å². The lowest BCUT2D eigenvalue weighted by Gasteiger charge is -2.16. The molecule has 0 bridgehead atoms. The summed E-state index contributed by atoms with van der Waals surface area (Å²) >= 11 is 0. The van der Waals surface area contributed by atoms with Crippen LogP contribution in [0.4, 0.5) is 0 Å². The largest absolute Gasteiger partial charge is 0.493 e. The molecule has 3 rings (SSSR count). The molecule has 0 spiro atoms. The molecule has 0 aliphatic rings. The van der Waals surface area contributed by atoms with Crippen LogP contribution in [0.3, 0.4) is 0 Å². The molecule has 0 unspecified atom stereocenters. The predicted octanol–water partition coefficient (Wildman–Crippen LogP) is 3.70. The fourth-order valence-electron chi connectivity index (χ4n) is 3.13. The highest BCUT2D eigenvalue weighted by atomic mass is 16.5. The van der Waals surface area contributed by atoms with E-state index in [4.69, 9.17) is 14.2 Å². The summed E-state index contributed by atoms with van der Waals surface area (Å²) in [5.41, 5.74) is 5.49. The fraction of sp³-hybridized carbons (Fsp3) is 0.286. The Bertz CT molecular complexity index is 905. The molecule has 0 atom stereocenters. The van der Waals surface area contributed by atoms with Crippen LogP contribution in [-0.2, 0) is 13.1 Å². The Labute approximate surface area is 159 Å². The molecule has 0 aliphatic carbocycles. The van der Waals surface area contributed by atoms with E-state index in [0.29, 0.717) is 30.3 Å². The molecular formula is C21H25N3O3. The van der Waals surface area contributed by atoms with E-state index in [1.807, 2.05) is 18.3 Å². The second kappa shape index (κ2) is 8.60. The zero-order valence-corrected chi connectivity index (χ0v) is 16.1. The number of aryl methyl sites for hydroxylation is 1. The maximum absolute atomic E-state index is 5.54. The summed E-state index contributed by atoms with van der Waals surface area (Å²) < 4.78 is 16.3. The van der Waals surface area contributed by atoms with Gasteiger partial charge in [-0.2, -0.15) is 5.10 Å². The number of aromatic nitrogens is 2. The molecule has 3 aromatic rings. The van der Waals surface area contributed by atoms with Crippen molar-refractivity contribution in [3.8, 4) is 28.5 Å². The Morgan fingerprint density at radius 1 is 0.926 bits per heavy atom. The third-order valence-corrected chi connectivity index (χ3v) is 4.44. The van der Waals surface area contributed by atoms with Crippen molar-refractivity contribution in [2.75, 3.05) is 21.3 Å². The summed E-state index contributed by atoms with van der Waals surface area (Å²) in [6, 6.07) is 12.2. The first kappa shape index (κ1) is 18.8. The summed E-state index contributed by atoms with van der Waals surface area (Å²) in [5.74, 6) is 1.92. The van der Waals surface area contributed by atoms with Gasteiger partial charge in [-0.15, -0.1) is 0 Å². The van der Waals surface area contributed by atoms with Gasteiger partial charge in [0, 0.05) is 29.8 Å². The maximum Gasteiger partial charge on any atom is 0.203 e. The van der Waals surface area contributed by atoms with Crippen LogP contribution in [-0.4, -0.2) is 31.5 Å². The number of rotatable bonds is 8. The number of benzene rings is 2. The topological polar surface area (TPSA) is 68.4 Å². The van der Waals surface area contributed by atoms with Crippen molar-refractivity contribution in [1.82, 2.24) is 15.5 Å². The highest BCUT2D eigenvalue weighted by Crippen LogP contribution is 2.39. The molecule has 0 aliphatic heterocycles. The normalized spacial score (nSPS) is 10.7. The second-order valence-electron chi connectivity index (χ2n) is 6.24. The molecule has 0 fully saturated rings. The summed E-state index contributed by atoms with van der Waals surface area (Å²) in [6.45, 7) is 3.39. The predicted molar refractivity (Wildman–Crippen MR) is 105 cm³/mol. The Kier molecular flexibility index (Phi) is 5.98. The van der Waals surface area contributed by atoms with Crippen molar-refractivity contribution in [2.24, 2.45) is 0 Å². The summed E-state index contributed by atoms with van der Waals surface area (Å²) in [6.07, 6.45) is 1.86. The lowest BCUT2D eigenvalue weighted by Crippen LogP contribution is -2.14. The lowest BCUT2D eigenvalue weighted by molar-refractivity contribution is 0.321. The monoisotopic (exact) mass is 367 g/mol. The summed E-state index contributed by atoms with van der Waals surface area (Å²) in [7, 11) is 4.85. The van der Waals surface area contributed by atoms with Crippen LogP contribution >= 0.6 is 0 Å². The number of hydrogen-bond donors (Lipinski definition) is 2. The van der Waals surface area contributed by atoms with Crippen LogP contribution in [0.25, 0.3) is 11.3 Å². The molecule has 6 nitrogen and oxygen atoms in total. The van der Waals surface area contributed by atoms with E-state index >= 15 is 0 Å². The second-order valence-corrected chi connectivity index (χ2v) is 6.24. The molecule has 1 aromatic heterocycles. The van der Waals surface area contributed by atoms with E-state index in [0.717, 1.165) is 22.4 Å². The van der Waals surface area contributed by atoms with E-state index in [9.17, 15) is 0 Å². The van der Waals surface area contributed by atoms with Crippen molar-refractivity contribution < 1.29 is 14.2 Å². The van der Waals surface area contributed by atoms with E-state index < -0.39 is 0 Å². The number of nitrogens with one attached hydrogen (secondary N) is 2. The van der Waals surface area contributed by atoms with E-state index in [1.54, 1.807) is 21.3 Å². The van der Waals surface area contributed by atoms with Crippen LogP contribution < -0.4 is 19.5 Å². The maximum atomic E-state index is 5.54. The number of hydrogen-bond acceptors (Lipinski definition) is 5. The third kappa shape index (κ3) is 4.06. The molecule has 0 saturated heterocycles. The third-order valence-electron chi connectivity index (χ3n) is 4.44. The van der Waals surface area contributed by atoms with Gasteiger partial charge in [-0.1, -0.05) is 29.8 Å². The quantitative estimate of drug-likeness (QED) is 0.635. The molecule has 2 N–H and O–H groups in total. The molecule has 2 aromatic carbocycles. The summed E-state index contributed by atoms with van der Waals surface area (Å²) in [4.78, 5) is 0. The smallest absolute Gasteiger partial charge is 0.203 e. The molecular weight excluding hydrogens is 342 g/mol. The van der Waals surface area contributed by atoms with Gasteiger partial charge in [0.05, 0.1) is 33.2 Å². The van der Waals surface area contributed by atoms with Crippen LogP contribution in [0.2, 0.25) is 0 Å². The number of ether oxygens (including phenoxy) is 3. The Balaban J connectivity index is 1.74. The van der Waals surface area contributed by atoms with E-state index in [2.05, 4.69) is 46.7 Å². The van der Waals surface area contributed by atoms with E-state index in [-0.39, 0.29) is 0 Å². The minimum atomic E-state index is 0.600. The van der Waals surface area contributed by atoms with Crippen molar-refractivity contribution in [3.63, 3.8) is 0 Å². The summed E-state index contributed by atoms with van der Waals surface area (Å²) in [5, 5.41) is 10.8. The highest BCUT2D eigenvalue weighted by molar-refractivity contribution is 5.63. The molecule has 27 heavy (non-hydrogen) atoms. The van der Waals surface area contributed by atoms with Gasteiger partial charge in [-0.25, -0.2) is 0 Å². The first-order valence-corrected chi connectivity index (χ1v) is 8.75. The van der Waals surface area contributed by atoms with Gasteiger partial charge in [0.15, 0.2) is 11.5 Å². The highest BCUT2D eigenvalue weighted by Gasteiger charge is 2.16. The molecule has 0 saturated carbocycles. The molecule has 142 valence electrons. The van der Waals surface area contributed by atoms with Gasteiger partial charge in [0.1, 0.15) is 0 Å². The van der Waals surface area contributed by atoms with Crippen molar-refractivity contribution in [3.05, 3.63) is 59.3 Å². The Hall–Kier alpha value is -2.99. The minimum Gasteiger partial charge on any atom is -0.493 e. The molecule has 1 heterocycles. The van der Waals surface area contributed by atoms with Crippen molar-refractivity contribution in [2.45, 2.75) is 20.0 Å². The number of H-pyrrole nitrogens is 1. The zero-order valence-electron chi connectivity index (χ0n) is 16.1. The van der Waals surface area contributed by atoms with Gasteiger partial charge in [-0.05, 0) is 19.1 Å². The van der Waals surface area contributed by atoms with Gasteiger partial charge in [0.2, 0.25) is 5.75 Å². The van der Waals surface area contributed by atoms with Crippen LogP contribution in [0, 0.1) is 6.92 Å². The molecule has 6 heteroatoms. The number of methoxy groups -OCH3 is 3. The van der Waals surface area contributed by atoms with Crippen LogP contribution in [0.15, 0.2) is 42.6 Å². The average Bonchev–Trinajstić information content (AvgIpc) is 3.15. The standard InChI is InChI=1S/C21H25N3O3/c1-14-6-5-7-15(10-14)19-17(13-23-24-19)12-22-11-16-8-9-18(25-2)21(27-4)20(16)26-3/h5-10,13,22H,11-12H2,1-4H3,(H,23,24). The molecule has 0 amide bonds. The van der Waals surface area contributed by atoms with Gasteiger partial charge < -0.3 is 19.5 Å². The Morgan fingerprint density at radius 2 is 1.70 bits per heavy atom. The number of nitrogens with zero attached hydrogens (tertiary/aromatic N) is 1. The van der Waals surface area contributed by atoms with Crippen molar-refractivity contribution >= 4 is 0 Å². The molecule has 0 radical (unpaired) electrons.